The summed E-state index contributed by atoms with van der Waals surface area (Å²) in [5.41, 5.74) is 3.38. The molecule has 1 aliphatic carbocycles. The van der Waals surface area contributed by atoms with Gasteiger partial charge in [0.05, 0.1) is 13.2 Å². The van der Waals surface area contributed by atoms with Gasteiger partial charge in [-0.3, -0.25) is 4.79 Å². The zero-order valence-corrected chi connectivity index (χ0v) is 14.8. The molecule has 0 saturated heterocycles. The molecule has 0 N–H and O–H groups in total. The van der Waals surface area contributed by atoms with Crippen molar-refractivity contribution in [1.29, 1.82) is 0 Å². The maximum absolute atomic E-state index is 12.8. The average Bonchev–Trinajstić information content (AvgIpc) is 2.83. The molecule has 0 aliphatic heterocycles. The summed E-state index contributed by atoms with van der Waals surface area (Å²) in [5.74, 6) is 2.45. The summed E-state index contributed by atoms with van der Waals surface area (Å²) in [6, 6.07) is 11.5. The minimum absolute atomic E-state index is 0.0463. The molecule has 0 radical (unpaired) electrons. The summed E-state index contributed by atoms with van der Waals surface area (Å²) >= 11 is 0. The van der Waals surface area contributed by atoms with Crippen LogP contribution in [0.1, 0.15) is 43.6 Å². The highest BCUT2D eigenvalue weighted by molar-refractivity contribution is 6.22. The Hall–Kier alpha value is -2.29. The summed E-state index contributed by atoms with van der Waals surface area (Å²) in [6.45, 7) is 9.71. The van der Waals surface area contributed by atoms with E-state index in [1.54, 1.807) is 0 Å². The number of ketones is 1. The van der Waals surface area contributed by atoms with Gasteiger partial charge in [0, 0.05) is 11.1 Å². The van der Waals surface area contributed by atoms with E-state index in [9.17, 15) is 4.79 Å². The van der Waals surface area contributed by atoms with Crippen LogP contribution in [0.4, 0.5) is 0 Å². The van der Waals surface area contributed by atoms with Gasteiger partial charge in [0.25, 0.3) is 0 Å². The van der Waals surface area contributed by atoms with Gasteiger partial charge >= 0.3 is 0 Å². The molecule has 0 bridgehead atoms. The van der Waals surface area contributed by atoms with E-state index in [1.165, 1.54) is 0 Å². The van der Waals surface area contributed by atoms with Gasteiger partial charge in [-0.05, 0) is 59.4 Å². The fourth-order valence-corrected chi connectivity index (χ4v) is 2.74. The SMILES string of the molecule is CC(C)COc1ccc2c(c1)C(=O)c1cc(OCC(C)C)ccc1-2. The van der Waals surface area contributed by atoms with E-state index in [1.807, 2.05) is 36.4 Å². The average molecular weight is 324 g/mol. The second-order valence-corrected chi connectivity index (χ2v) is 7.15. The van der Waals surface area contributed by atoms with Crippen molar-refractivity contribution in [1.82, 2.24) is 0 Å². The third-order valence-electron chi connectivity index (χ3n) is 3.93. The molecule has 24 heavy (non-hydrogen) atoms. The Morgan fingerprint density at radius 1 is 0.708 bits per heavy atom. The van der Waals surface area contributed by atoms with Crippen molar-refractivity contribution in [3.05, 3.63) is 47.5 Å². The molecule has 2 aromatic rings. The number of ether oxygens (including phenoxy) is 2. The van der Waals surface area contributed by atoms with E-state index in [4.69, 9.17) is 9.47 Å². The van der Waals surface area contributed by atoms with Gasteiger partial charge in [-0.25, -0.2) is 0 Å². The van der Waals surface area contributed by atoms with Crippen molar-refractivity contribution in [2.75, 3.05) is 13.2 Å². The zero-order chi connectivity index (χ0) is 17.3. The lowest BCUT2D eigenvalue weighted by Crippen LogP contribution is -2.05. The zero-order valence-electron chi connectivity index (χ0n) is 14.8. The van der Waals surface area contributed by atoms with Crippen LogP contribution in [0.5, 0.6) is 11.5 Å². The predicted molar refractivity (Wildman–Crippen MR) is 96.0 cm³/mol. The molecule has 3 heteroatoms. The number of carbonyl (C=O) groups is 1. The minimum Gasteiger partial charge on any atom is -0.493 e. The topological polar surface area (TPSA) is 35.5 Å². The second-order valence-electron chi connectivity index (χ2n) is 7.15. The molecule has 0 atom stereocenters. The van der Waals surface area contributed by atoms with Crippen molar-refractivity contribution >= 4 is 5.78 Å². The number of carbonyl (C=O) groups excluding carboxylic acids is 1. The molecule has 3 nitrogen and oxygen atoms in total. The molecular weight excluding hydrogens is 300 g/mol. The van der Waals surface area contributed by atoms with E-state index < -0.39 is 0 Å². The largest absolute Gasteiger partial charge is 0.493 e. The summed E-state index contributed by atoms with van der Waals surface area (Å²) in [4.78, 5) is 12.8. The molecule has 0 amide bonds. The number of hydrogen-bond donors (Lipinski definition) is 0. The van der Waals surface area contributed by atoms with Gasteiger partial charge in [0.2, 0.25) is 0 Å². The Morgan fingerprint density at radius 2 is 1.12 bits per heavy atom. The second kappa shape index (κ2) is 6.68. The Kier molecular flexibility index (Phi) is 4.61. The smallest absolute Gasteiger partial charge is 0.194 e. The van der Waals surface area contributed by atoms with Crippen molar-refractivity contribution < 1.29 is 14.3 Å². The van der Waals surface area contributed by atoms with Crippen LogP contribution in [0.2, 0.25) is 0 Å². The Bertz CT molecular complexity index is 696. The number of fused-ring (bicyclic) bond motifs is 3. The first-order chi connectivity index (χ1) is 11.5. The van der Waals surface area contributed by atoms with Crippen LogP contribution in [0.25, 0.3) is 11.1 Å². The molecule has 126 valence electrons. The van der Waals surface area contributed by atoms with Crippen molar-refractivity contribution in [2.24, 2.45) is 11.8 Å². The fourth-order valence-electron chi connectivity index (χ4n) is 2.74. The summed E-state index contributed by atoms with van der Waals surface area (Å²) in [7, 11) is 0. The highest BCUT2D eigenvalue weighted by Gasteiger charge is 2.27. The molecule has 0 saturated carbocycles. The van der Waals surface area contributed by atoms with E-state index in [2.05, 4.69) is 27.7 Å². The molecule has 0 fully saturated rings. The van der Waals surface area contributed by atoms with Crippen molar-refractivity contribution in [3.8, 4) is 22.6 Å². The van der Waals surface area contributed by atoms with Crippen LogP contribution in [-0.2, 0) is 0 Å². The Morgan fingerprint density at radius 3 is 1.50 bits per heavy atom. The van der Waals surface area contributed by atoms with E-state index >= 15 is 0 Å². The Labute approximate surface area is 143 Å². The first-order valence-electron chi connectivity index (χ1n) is 8.54. The highest BCUT2D eigenvalue weighted by Crippen LogP contribution is 2.39. The number of benzene rings is 2. The lowest BCUT2D eigenvalue weighted by atomic mass is 10.1. The number of hydrogen-bond acceptors (Lipinski definition) is 3. The molecular formula is C21H24O3. The van der Waals surface area contributed by atoms with Crippen LogP contribution in [0, 0.1) is 11.8 Å². The molecule has 1 aliphatic rings. The van der Waals surface area contributed by atoms with Gasteiger partial charge in [-0.2, -0.15) is 0 Å². The maximum Gasteiger partial charge on any atom is 0.194 e. The summed E-state index contributed by atoms with van der Waals surface area (Å²) < 4.78 is 11.5. The first-order valence-corrected chi connectivity index (χ1v) is 8.54. The standard InChI is InChI=1S/C21H24O3/c1-13(2)11-23-15-5-7-17-18-8-6-16(24-12-14(3)4)10-20(18)21(22)19(17)9-15/h5-10,13-14H,11-12H2,1-4H3. The van der Waals surface area contributed by atoms with Crippen LogP contribution in [0.3, 0.4) is 0 Å². The molecule has 2 aromatic carbocycles. The monoisotopic (exact) mass is 324 g/mol. The Balaban J connectivity index is 1.86. The van der Waals surface area contributed by atoms with Gasteiger partial charge in [-0.15, -0.1) is 0 Å². The normalized spacial score (nSPS) is 12.5. The fraction of sp³-hybridized carbons (Fsp3) is 0.381. The van der Waals surface area contributed by atoms with Gasteiger partial charge in [0.15, 0.2) is 5.78 Å². The summed E-state index contributed by atoms with van der Waals surface area (Å²) in [6.07, 6.45) is 0. The third-order valence-corrected chi connectivity index (χ3v) is 3.93. The van der Waals surface area contributed by atoms with Crippen LogP contribution < -0.4 is 9.47 Å². The number of rotatable bonds is 6. The van der Waals surface area contributed by atoms with Crippen LogP contribution in [0.15, 0.2) is 36.4 Å². The first kappa shape index (κ1) is 16.6. The molecule has 0 aromatic heterocycles. The molecule has 3 rings (SSSR count). The maximum atomic E-state index is 12.8. The molecule has 0 heterocycles. The lowest BCUT2D eigenvalue weighted by molar-refractivity contribution is 0.104. The van der Waals surface area contributed by atoms with Crippen molar-refractivity contribution in [3.63, 3.8) is 0 Å². The lowest BCUT2D eigenvalue weighted by Gasteiger charge is -2.10. The van der Waals surface area contributed by atoms with Gasteiger partial charge in [0.1, 0.15) is 11.5 Å². The predicted octanol–water partition coefficient (Wildman–Crippen LogP) is 4.97. The van der Waals surface area contributed by atoms with E-state index in [0.717, 1.165) is 22.6 Å². The van der Waals surface area contributed by atoms with Crippen LogP contribution in [-0.4, -0.2) is 19.0 Å². The minimum atomic E-state index is 0.0463. The highest BCUT2D eigenvalue weighted by atomic mass is 16.5. The van der Waals surface area contributed by atoms with E-state index in [0.29, 0.717) is 36.2 Å². The van der Waals surface area contributed by atoms with Crippen LogP contribution >= 0.6 is 0 Å². The van der Waals surface area contributed by atoms with Gasteiger partial charge in [-0.1, -0.05) is 27.7 Å². The summed E-state index contributed by atoms with van der Waals surface area (Å²) in [5, 5.41) is 0. The molecule has 0 spiro atoms. The van der Waals surface area contributed by atoms with Crippen molar-refractivity contribution in [2.45, 2.75) is 27.7 Å². The van der Waals surface area contributed by atoms with E-state index in [-0.39, 0.29) is 5.78 Å². The quantitative estimate of drug-likeness (QED) is 0.642. The van der Waals surface area contributed by atoms with Gasteiger partial charge < -0.3 is 9.47 Å². The third kappa shape index (κ3) is 3.30. The molecule has 0 unspecified atom stereocenters.